The van der Waals surface area contributed by atoms with E-state index in [-0.39, 0.29) is 6.17 Å². The summed E-state index contributed by atoms with van der Waals surface area (Å²) >= 11 is 0. The second-order valence-corrected chi connectivity index (χ2v) is 5.72. The Labute approximate surface area is 140 Å². The van der Waals surface area contributed by atoms with E-state index in [1.54, 1.807) is 6.08 Å². The minimum atomic E-state index is -0.0272. The zero-order valence-corrected chi connectivity index (χ0v) is 14.5. The van der Waals surface area contributed by atoms with Crippen LogP contribution in [0.1, 0.15) is 45.5 Å². The molecule has 0 aromatic carbocycles. The van der Waals surface area contributed by atoms with Gasteiger partial charge in [-0.15, -0.1) is 0 Å². The van der Waals surface area contributed by atoms with Gasteiger partial charge in [-0.3, -0.25) is 5.43 Å². The fraction of sp³-hybridized carbons (Fsp3) is 0.368. The van der Waals surface area contributed by atoms with Gasteiger partial charge >= 0.3 is 0 Å². The average Bonchev–Trinajstić information content (AvgIpc) is 3.03. The number of allylic oxidation sites excluding steroid dienone is 5. The third-order valence-corrected chi connectivity index (χ3v) is 3.32. The van der Waals surface area contributed by atoms with Gasteiger partial charge in [-0.25, -0.2) is 5.43 Å². The van der Waals surface area contributed by atoms with Crippen LogP contribution in [0.2, 0.25) is 0 Å². The van der Waals surface area contributed by atoms with Crippen molar-refractivity contribution in [2.24, 2.45) is 0 Å². The maximum atomic E-state index is 3.67. The van der Waals surface area contributed by atoms with Gasteiger partial charge in [0.2, 0.25) is 0 Å². The smallest absolute Gasteiger partial charge is 0.130 e. The van der Waals surface area contributed by atoms with Crippen LogP contribution in [-0.2, 0) is 0 Å². The summed E-state index contributed by atoms with van der Waals surface area (Å²) in [5, 5.41) is 3.27. The van der Waals surface area contributed by atoms with Gasteiger partial charge in [0.15, 0.2) is 0 Å². The van der Waals surface area contributed by atoms with Gasteiger partial charge in [-0.2, -0.15) is 0 Å². The third kappa shape index (κ3) is 8.86. The molecule has 0 saturated heterocycles. The maximum Gasteiger partial charge on any atom is 0.130 e. The quantitative estimate of drug-likeness (QED) is 0.164. The van der Waals surface area contributed by atoms with Crippen LogP contribution in [0.4, 0.5) is 0 Å². The van der Waals surface area contributed by atoms with Crippen molar-refractivity contribution >= 4 is 0 Å². The highest BCUT2D eigenvalue weighted by atomic mass is 15.4. The van der Waals surface area contributed by atoms with E-state index in [9.17, 15) is 0 Å². The highest BCUT2D eigenvalue weighted by molar-refractivity contribution is 5.10. The number of hydrogen-bond acceptors (Lipinski definition) is 3. The van der Waals surface area contributed by atoms with Crippen molar-refractivity contribution in [2.75, 3.05) is 6.54 Å². The molecule has 0 aliphatic heterocycles. The van der Waals surface area contributed by atoms with Crippen molar-refractivity contribution in [1.29, 1.82) is 0 Å². The number of nitrogens with one attached hydrogen (secondary N) is 4. The van der Waals surface area contributed by atoms with Crippen molar-refractivity contribution in [1.82, 2.24) is 21.2 Å². The van der Waals surface area contributed by atoms with Crippen LogP contribution in [0.25, 0.3) is 0 Å². The average molecular weight is 314 g/mol. The predicted octanol–water partition coefficient (Wildman–Crippen LogP) is 4.09. The summed E-state index contributed by atoms with van der Waals surface area (Å²) in [4.78, 5) is 3.21. The molecule has 23 heavy (non-hydrogen) atoms. The fourth-order valence-corrected chi connectivity index (χ4v) is 2.03. The molecular weight excluding hydrogens is 284 g/mol. The normalized spacial score (nSPS) is 13.1. The fourth-order valence-electron chi connectivity index (χ4n) is 2.03. The lowest BCUT2D eigenvalue weighted by molar-refractivity contribution is 0.418. The summed E-state index contributed by atoms with van der Waals surface area (Å²) in [6.07, 6.45) is 14.1. The van der Waals surface area contributed by atoms with Crippen molar-refractivity contribution in [2.45, 2.75) is 39.8 Å². The SMILES string of the molecule is C=C/C=C\NC(NNC/C=C(\C)CCC=C(C)C)c1ccc[nH]1. The summed E-state index contributed by atoms with van der Waals surface area (Å²) in [6, 6.07) is 4.02. The summed E-state index contributed by atoms with van der Waals surface area (Å²) in [7, 11) is 0. The minimum absolute atomic E-state index is 0.0272. The van der Waals surface area contributed by atoms with E-state index < -0.39 is 0 Å². The van der Waals surface area contributed by atoms with Gasteiger partial charge in [0.05, 0.1) is 5.69 Å². The van der Waals surface area contributed by atoms with Gasteiger partial charge < -0.3 is 10.3 Å². The molecule has 4 heteroatoms. The monoisotopic (exact) mass is 314 g/mol. The van der Waals surface area contributed by atoms with Crippen LogP contribution >= 0.6 is 0 Å². The number of hydrogen-bond donors (Lipinski definition) is 4. The van der Waals surface area contributed by atoms with Crippen LogP contribution in [0.3, 0.4) is 0 Å². The molecule has 1 atom stereocenters. The van der Waals surface area contributed by atoms with Crippen LogP contribution in [-0.4, -0.2) is 11.5 Å². The van der Waals surface area contributed by atoms with E-state index in [0.717, 1.165) is 25.1 Å². The molecule has 1 aromatic heterocycles. The lowest BCUT2D eigenvalue weighted by atomic mass is 10.1. The molecule has 0 fully saturated rings. The van der Waals surface area contributed by atoms with Crippen molar-refractivity contribution in [3.63, 3.8) is 0 Å². The number of hydrazine groups is 1. The van der Waals surface area contributed by atoms with Crippen LogP contribution in [0.5, 0.6) is 0 Å². The third-order valence-electron chi connectivity index (χ3n) is 3.32. The first-order chi connectivity index (χ1) is 11.1. The van der Waals surface area contributed by atoms with Crippen LogP contribution in [0, 0.1) is 0 Å². The molecule has 1 rings (SSSR count). The van der Waals surface area contributed by atoms with Crippen molar-refractivity contribution in [3.05, 3.63) is 72.3 Å². The van der Waals surface area contributed by atoms with Gasteiger partial charge in [0.25, 0.3) is 0 Å². The van der Waals surface area contributed by atoms with E-state index in [2.05, 4.69) is 60.7 Å². The first-order valence-electron chi connectivity index (χ1n) is 8.07. The minimum Gasteiger partial charge on any atom is -0.370 e. The van der Waals surface area contributed by atoms with E-state index in [1.165, 1.54) is 11.1 Å². The molecule has 0 bridgehead atoms. The lowest BCUT2D eigenvalue weighted by Crippen LogP contribution is -2.41. The molecule has 0 radical (unpaired) electrons. The zero-order chi connectivity index (χ0) is 16.9. The Hall–Kier alpha value is -2.04. The molecule has 0 amide bonds. The lowest BCUT2D eigenvalue weighted by Gasteiger charge is -2.18. The molecule has 4 nitrogen and oxygen atoms in total. The molecule has 1 aromatic rings. The molecule has 0 aliphatic carbocycles. The molecule has 0 saturated carbocycles. The summed E-state index contributed by atoms with van der Waals surface area (Å²) in [5.74, 6) is 0. The highest BCUT2D eigenvalue weighted by Gasteiger charge is 2.08. The summed E-state index contributed by atoms with van der Waals surface area (Å²) in [5.41, 5.74) is 10.4. The number of aromatic nitrogens is 1. The second-order valence-electron chi connectivity index (χ2n) is 5.72. The number of rotatable bonds is 11. The van der Waals surface area contributed by atoms with Gasteiger partial charge in [0.1, 0.15) is 6.17 Å². The van der Waals surface area contributed by atoms with E-state index in [0.29, 0.717) is 0 Å². The first kappa shape index (κ1) is 19.0. The summed E-state index contributed by atoms with van der Waals surface area (Å²) < 4.78 is 0. The summed E-state index contributed by atoms with van der Waals surface area (Å²) in [6.45, 7) is 10.9. The van der Waals surface area contributed by atoms with Crippen molar-refractivity contribution in [3.8, 4) is 0 Å². The van der Waals surface area contributed by atoms with Crippen LogP contribution < -0.4 is 16.2 Å². The Morgan fingerprint density at radius 1 is 1.30 bits per heavy atom. The Morgan fingerprint density at radius 2 is 2.13 bits per heavy atom. The number of aromatic amines is 1. The van der Waals surface area contributed by atoms with Crippen LogP contribution in [0.15, 0.2) is 66.6 Å². The standard InChI is InChI=1S/C19H30N4/c1-5-6-13-21-19(18-11-8-14-20-18)23-22-15-12-17(4)10-7-9-16(2)3/h5-6,8-9,11-14,19-23H,1,7,10,15H2,2-4H3/b13-6-,17-12+. The molecule has 1 unspecified atom stereocenters. The molecule has 0 spiro atoms. The predicted molar refractivity (Wildman–Crippen MR) is 99.6 cm³/mol. The van der Waals surface area contributed by atoms with E-state index in [4.69, 9.17) is 0 Å². The number of H-pyrrole nitrogens is 1. The van der Waals surface area contributed by atoms with Gasteiger partial charge in [-0.05, 0) is 58.0 Å². The van der Waals surface area contributed by atoms with Gasteiger partial charge in [-0.1, -0.05) is 36.0 Å². The molecule has 0 aliphatic rings. The Bertz CT molecular complexity index is 520. The Morgan fingerprint density at radius 3 is 2.78 bits per heavy atom. The molecule has 4 N–H and O–H groups in total. The Kier molecular flexibility index (Phi) is 9.52. The highest BCUT2D eigenvalue weighted by Crippen LogP contribution is 2.07. The zero-order valence-electron chi connectivity index (χ0n) is 14.5. The topological polar surface area (TPSA) is 51.9 Å². The maximum absolute atomic E-state index is 3.67. The van der Waals surface area contributed by atoms with Gasteiger partial charge in [0, 0.05) is 12.7 Å². The first-order valence-corrected chi connectivity index (χ1v) is 8.07. The largest absolute Gasteiger partial charge is 0.370 e. The Balaban J connectivity index is 2.38. The molecule has 1 heterocycles. The molecule has 126 valence electrons. The second kappa shape index (κ2) is 11.5. The van der Waals surface area contributed by atoms with E-state index >= 15 is 0 Å². The van der Waals surface area contributed by atoms with Crippen molar-refractivity contribution < 1.29 is 0 Å². The van der Waals surface area contributed by atoms with E-state index in [1.807, 2.05) is 30.6 Å². The molecular formula is C19H30N4.